The van der Waals surface area contributed by atoms with Crippen LogP contribution in [0.2, 0.25) is 0 Å². The van der Waals surface area contributed by atoms with Crippen LogP contribution in [0, 0.1) is 0 Å². The minimum atomic E-state index is -0.801. The number of hydrogen-bond acceptors (Lipinski definition) is 6. The molecular formula is C68H114O6. The molecule has 0 radical (unpaired) electrons. The van der Waals surface area contributed by atoms with E-state index in [4.69, 9.17) is 14.2 Å². The van der Waals surface area contributed by atoms with Crippen LogP contribution in [0.3, 0.4) is 0 Å². The molecule has 0 spiro atoms. The van der Waals surface area contributed by atoms with Crippen molar-refractivity contribution in [2.24, 2.45) is 0 Å². The van der Waals surface area contributed by atoms with Crippen LogP contribution in [-0.4, -0.2) is 37.2 Å². The first-order chi connectivity index (χ1) is 36.5. The van der Waals surface area contributed by atoms with Gasteiger partial charge in [-0.05, 0) is 64.2 Å². The van der Waals surface area contributed by atoms with Crippen molar-refractivity contribution in [2.75, 3.05) is 13.2 Å². The maximum atomic E-state index is 12.9. The summed E-state index contributed by atoms with van der Waals surface area (Å²) in [6.45, 7) is 6.45. The quantitative estimate of drug-likeness (QED) is 0.0261. The van der Waals surface area contributed by atoms with E-state index in [0.717, 1.165) is 70.6 Å². The van der Waals surface area contributed by atoms with Crippen molar-refractivity contribution < 1.29 is 28.6 Å². The Labute approximate surface area is 457 Å². The van der Waals surface area contributed by atoms with E-state index in [1.54, 1.807) is 0 Å². The number of hydrogen-bond donors (Lipinski definition) is 0. The molecule has 0 fully saturated rings. The van der Waals surface area contributed by atoms with E-state index in [1.807, 2.05) is 66.8 Å². The summed E-state index contributed by atoms with van der Waals surface area (Å²) < 4.78 is 16.9. The van der Waals surface area contributed by atoms with Gasteiger partial charge >= 0.3 is 17.9 Å². The Morgan fingerprint density at radius 1 is 0.284 bits per heavy atom. The third-order valence-electron chi connectivity index (χ3n) is 13.2. The highest BCUT2D eigenvalue weighted by Crippen LogP contribution is 2.17. The van der Waals surface area contributed by atoms with Crippen LogP contribution in [0.5, 0.6) is 0 Å². The molecule has 0 aromatic heterocycles. The summed E-state index contributed by atoms with van der Waals surface area (Å²) >= 11 is 0. The highest BCUT2D eigenvalue weighted by atomic mass is 16.6. The maximum Gasteiger partial charge on any atom is 0.306 e. The molecule has 1 unspecified atom stereocenters. The average Bonchev–Trinajstić information content (AvgIpc) is 3.40. The molecule has 0 N–H and O–H groups in total. The fraction of sp³-hybridized carbons (Fsp3) is 0.691. The lowest BCUT2D eigenvalue weighted by molar-refractivity contribution is -0.167. The number of esters is 3. The molecule has 0 heterocycles. The number of ether oxygens (including phenoxy) is 3. The number of rotatable bonds is 55. The highest BCUT2D eigenvalue weighted by Gasteiger charge is 2.19. The van der Waals surface area contributed by atoms with Gasteiger partial charge in [-0.1, -0.05) is 310 Å². The number of carbonyl (C=O) groups excluding carboxylic acids is 3. The standard InChI is InChI=1S/C68H114O6/c1-4-7-10-13-16-19-22-25-28-31-34-37-40-43-46-49-52-55-58-61-67(70)73-64-65(63-72-66(69)60-57-54-51-48-45-42-39-36-33-30-27-24-21-18-15-12-9-6-3)74-68(71)62-59-56-53-50-47-44-41-38-35-32-29-26-23-20-17-14-11-8-5-2/h7,10,13,16-17,19-20,22-23,25-26,28,31,34,37,40,43,46,65H,4-6,8-9,11-12,14-15,18,21,24,27,29-30,32-33,35-36,38-39,41-42,44-45,47-64H2,1-3H3/b10-7-,16-13-,20-17-,22-19-,26-23-,28-25-,34-31+,40-37-,46-43-. The molecule has 0 amide bonds. The molecule has 0 aromatic rings. The summed E-state index contributed by atoms with van der Waals surface area (Å²) in [5.41, 5.74) is 0. The topological polar surface area (TPSA) is 78.9 Å². The summed E-state index contributed by atoms with van der Waals surface area (Å²) in [6.07, 6.45) is 83.6. The first kappa shape index (κ1) is 70.1. The first-order valence-electron chi connectivity index (χ1n) is 31.0. The molecular weight excluding hydrogens is 913 g/mol. The average molecular weight is 1030 g/mol. The molecule has 0 aliphatic rings. The number of allylic oxidation sites excluding steroid dienone is 18. The van der Waals surface area contributed by atoms with Crippen LogP contribution in [0.4, 0.5) is 0 Å². The van der Waals surface area contributed by atoms with E-state index in [9.17, 15) is 14.4 Å². The zero-order valence-corrected chi connectivity index (χ0v) is 48.3. The molecule has 0 saturated carbocycles. The van der Waals surface area contributed by atoms with E-state index in [1.165, 1.54) is 173 Å². The molecule has 422 valence electrons. The molecule has 0 bridgehead atoms. The zero-order valence-electron chi connectivity index (χ0n) is 48.3. The van der Waals surface area contributed by atoms with Gasteiger partial charge < -0.3 is 14.2 Å². The highest BCUT2D eigenvalue weighted by molar-refractivity contribution is 5.71. The van der Waals surface area contributed by atoms with Gasteiger partial charge in [0.25, 0.3) is 0 Å². The maximum absolute atomic E-state index is 12.9. The van der Waals surface area contributed by atoms with Crippen molar-refractivity contribution in [3.63, 3.8) is 0 Å². The van der Waals surface area contributed by atoms with Gasteiger partial charge in [-0.25, -0.2) is 0 Å². The Balaban J connectivity index is 4.48. The lowest BCUT2D eigenvalue weighted by Gasteiger charge is -2.18. The molecule has 0 saturated heterocycles. The van der Waals surface area contributed by atoms with E-state index in [-0.39, 0.29) is 31.1 Å². The molecule has 0 rings (SSSR count). The summed E-state index contributed by atoms with van der Waals surface area (Å²) in [7, 11) is 0. The predicted molar refractivity (Wildman–Crippen MR) is 320 cm³/mol. The van der Waals surface area contributed by atoms with Crippen LogP contribution >= 0.6 is 0 Å². The van der Waals surface area contributed by atoms with Crippen molar-refractivity contribution in [2.45, 2.75) is 290 Å². The fourth-order valence-electron chi connectivity index (χ4n) is 8.59. The molecule has 1 atom stereocenters. The number of unbranched alkanes of at least 4 members (excludes halogenated alkanes) is 33. The summed E-state index contributed by atoms with van der Waals surface area (Å²) in [6, 6.07) is 0. The zero-order chi connectivity index (χ0) is 53.6. The lowest BCUT2D eigenvalue weighted by atomic mass is 10.0. The molecule has 0 aromatic carbocycles. The molecule has 6 heteroatoms. The second-order valence-corrected chi connectivity index (χ2v) is 20.5. The van der Waals surface area contributed by atoms with Gasteiger partial charge in [0, 0.05) is 19.3 Å². The minimum Gasteiger partial charge on any atom is -0.462 e. The Morgan fingerprint density at radius 2 is 0.527 bits per heavy atom. The van der Waals surface area contributed by atoms with Crippen LogP contribution in [0.15, 0.2) is 109 Å². The van der Waals surface area contributed by atoms with E-state index in [0.29, 0.717) is 19.3 Å². The third-order valence-corrected chi connectivity index (χ3v) is 13.2. The van der Waals surface area contributed by atoms with Gasteiger partial charge in [-0.15, -0.1) is 0 Å². The van der Waals surface area contributed by atoms with Gasteiger partial charge in [0.15, 0.2) is 6.10 Å². The largest absolute Gasteiger partial charge is 0.462 e. The van der Waals surface area contributed by atoms with Crippen LogP contribution in [-0.2, 0) is 28.6 Å². The Hall–Kier alpha value is -3.93. The number of carbonyl (C=O) groups is 3. The van der Waals surface area contributed by atoms with Crippen molar-refractivity contribution in [3.05, 3.63) is 109 Å². The van der Waals surface area contributed by atoms with Crippen LogP contribution < -0.4 is 0 Å². The van der Waals surface area contributed by atoms with Crippen molar-refractivity contribution >= 4 is 17.9 Å². The molecule has 6 nitrogen and oxygen atoms in total. The van der Waals surface area contributed by atoms with Gasteiger partial charge in [-0.2, -0.15) is 0 Å². The van der Waals surface area contributed by atoms with Gasteiger partial charge in [0.1, 0.15) is 13.2 Å². The van der Waals surface area contributed by atoms with Crippen molar-refractivity contribution in [3.8, 4) is 0 Å². The van der Waals surface area contributed by atoms with E-state index >= 15 is 0 Å². The Kier molecular flexibility index (Phi) is 58.3. The van der Waals surface area contributed by atoms with Gasteiger partial charge in [-0.3, -0.25) is 14.4 Å². The van der Waals surface area contributed by atoms with Crippen LogP contribution in [0.1, 0.15) is 284 Å². The minimum absolute atomic E-state index is 0.0933. The monoisotopic (exact) mass is 1030 g/mol. The smallest absolute Gasteiger partial charge is 0.306 e. The summed E-state index contributed by atoms with van der Waals surface area (Å²) in [4.78, 5) is 38.3. The fourth-order valence-corrected chi connectivity index (χ4v) is 8.59. The second-order valence-electron chi connectivity index (χ2n) is 20.5. The van der Waals surface area contributed by atoms with Crippen molar-refractivity contribution in [1.82, 2.24) is 0 Å². The van der Waals surface area contributed by atoms with E-state index in [2.05, 4.69) is 63.3 Å². The SMILES string of the molecule is CC\C=C/C=C\C=C/C=C\C=C\C=C/C=C\CCCCCC(=O)OCC(COC(=O)CCCCCCCCCCCCCCCCCCCC)OC(=O)CCCCCCCCCCCC/C=C\C=C/CCCCC. The summed E-state index contributed by atoms with van der Waals surface area (Å²) in [5.74, 6) is -0.935. The Bertz CT molecular complexity index is 1510. The third kappa shape index (κ3) is 59.0. The van der Waals surface area contributed by atoms with Gasteiger partial charge in [0.05, 0.1) is 0 Å². The van der Waals surface area contributed by atoms with Crippen molar-refractivity contribution in [1.29, 1.82) is 0 Å². The molecule has 0 aliphatic carbocycles. The normalized spacial score (nSPS) is 12.9. The first-order valence-corrected chi connectivity index (χ1v) is 31.0. The Morgan fingerprint density at radius 3 is 0.878 bits per heavy atom. The molecule has 0 aliphatic heterocycles. The second kappa shape index (κ2) is 61.6. The lowest BCUT2D eigenvalue weighted by Crippen LogP contribution is -2.30. The predicted octanol–water partition coefficient (Wildman–Crippen LogP) is 21.0. The van der Waals surface area contributed by atoms with Gasteiger partial charge in [0.2, 0.25) is 0 Å². The summed E-state index contributed by atoms with van der Waals surface area (Å²) in [5, 5.41) is 0. The van der Waals surface area contributed by atoms with Crippen LogP contribution in [0.25, 0.3) is 0 Å². The molecule has 74 heavy (non-hydrogen) atoms. The van der Waals surface area contributed by atoms with E-state index < -0.39 is 6.10 Å².